The van der Waals surface area contributed by atoms with Crippen LogP contribution in [0.5, 0.6) is 5.75 Å². The molecule has 156 valence electrons. The molecular weight excluding hydrogens is 364 g/mol. The van der Waals surface area contributed by atoms with Gasteiger partial charge in [0.2, 0.25) is 0 Å². The molecule has 1 fully saturated rings. The van der Waals surface area contributed by atoms with Crippen LogP contribution < -0.4 is 15.8 Å². The number of hydrogen-bond acceptors (Lipinski definition) is 5. The minimum atomic E-state index is -0.397. The lowest BCUT2D eigenvalue weighted by Gasteiger charge is -2.38. The average Bonchev–Trinajstić information content (AvgIpc) is 2.75. The number of carbonyl (C=O) groups is 1. The maximum Gasteiger partial charge on any atom is 0.250 e. The van der Waals surface area contributed by atoms with Crippen LogP contribution in [-0.2, 0) is 6.42 Å². The predicted molar refractivity (Wildman–Crippen MR) is 118 cm³/mol. The number of carbonyl (C=O) groups excluding carboxylic acids is 1. The summed E-state index contributed by atoms with van der Waals surface area (Å²) in [7, 11) is 1.73. The van der Waals surface area contributed by atoms with Crippen molar-refractivity contribution in [1.29, 1.82) is 0 Å². The van der Waals surface area contributed by atoms with E-state index in [0.29, 0.717) is 11.6 Å². The van der Waals surface area contributed by atoms with Gasteiger partial charge in [-0.15, -0.1) is 0 Å². The second-order valence-electron chi connectivity index (χ2n) is 7.58. The molecule has 6 nitrogen and oxygen atoms in total. The highest BCUT2D eigenvalue weighted by atomic mass is 16.5. The summed E-state index contributed by atoms with van der Waals surface area (Å²) in [6.07, 6.45) is 0.996. The van der Waals surface area contributed by atoms with Gasteiger partial charge in [-0.1, -0.05) is 30.3 Å². The number of piperazine rings is 1. The van der Waals surface area contributed by atoms with Crippen molar-refractivity contribution in [3.63, 3.8) is 0 Å². The SMILES string of the molecule is COc1ccccc1CC(C)N1CCN(CCNc2ccccc2C(N)=O)CC1. The molecule has 29 heavy (non-hydrogen) atoms. The summed E-state index contributed by atoms with van der Waals surface area (Å²) in [6.45, 7) is 8.26. The van der Waals surface area contributed by atoms with Crippen LogP contribution in [0.25, 0.3) is 0 Å². The molecule has 0 spiro atoms. The van der Waals surface area contributed by atoms with Crippen molar-refractivity contribution in [2.75, 3.05) is 51.7 Å². The zero-order chi connectivity index (χ0) is 20.6. The number of amides is 1. The molecule has 2 aromatic carbocycles. The summed E-state index contributed by atoms with van der Waals surface area (Å²) < 4.78 is 5.49. The number of primary amides is 1. The number of anilines is 1. The van der Waals surface area contributed by atoms with Gasteiger partial charge in [-0.05, 0) is 37.1 Å². The summed E-state index contributed by atoms with van der Waals surface area (Å²) >= 11 is 0. The Kier molecular flexibility index (Phi) is 7.49. The third-order valence-electron chi connectivity index (χ3n) is 5.67. The lowest BCUT2D eigenvalue weighted by Crippen LogP contribution is -2.50. The third kappa shape index (κ3) is 5.71. The van der Waals surface area contributed by atoms with E-state index in [9.17, 15) is 4.79 Å². The number of benzene rings is 2. The second-order valence-corrected chi connectivity index (χ2v) is 7.58. The molecule has 3 N–H and O–H groups in total. The highest BCUT2D eigenvalue weighted by Crippen LogP contribution is 2.21. The minimum Gasteiger partial charge on any atom is -0.496 e. The van der Waals surface area contributed by atoms with E-state index in [4.69, 9.17) is 10.5 Å². The molecule has 0 bridgehead atoms. The lowest BCUT2D eigenvalue weighted by molar-refractivity contribution is 0.100. The first-order valence-corrected chi connectivity index (χ1v) is 10.3. The van der Waals surface area contributed by atoms with Gasteiger partial charge in [-0.25, -0.2) is 0 Å². The number of methoxy groups -OCH3 is 1. The van der Waals surface area contributed by atoms with Crippen molar-refractivity contribution < 1.29 is 9.53 Å². The molecule has 1 saturated heterocycles. The first-order valence-electron chi connectivity index (χ1n) is 10.3. The Hall–Kier alpha value is -2.57. The number of para-hydroxylation sites is 2. The molecule has 0 saturated carbocycles. The second kappa shape index (κ2) is 10.3. The normalized spacial score (nSPS) is 16.3. The molecule has 1 unspecified atom stereocenters. The van der Waals surface area contributed by atoms with Gasteiger partial charge in [0.25, 0.3) is 5.91 Å². The van der Waals surface area contributed by atoms with Crippen molar-refractivity contribution in [2.24, 2.45) is 5.73 Å². The molecule has 0 radical (unpaired) electrons. The number of nitrogens with one attached hydrogen (secondary N) is 1. The number of nitrogens with two attached hydrogens (primary N) is 1. The van der Waals surface area contributed by atoms with Crippen LogP contribution in [0, 0.1) is 0 Å². The minimum absolute atomic E-state index is 0.397. The molecule has 1 atom stereocenters. The summed E-state index contributed by atoms with van der Waals surface area (Å²) in [4.78, 5) is 16.5. The van der Waals surface area contributed by atoms with E-state index in [-0.39, 0.29) is 0 Å². The fourth-order valence-corrected chi connectivity index (χ4v) is 3.95. The van der Waals surface area contributed by atoms with E-state index >= 15 is 0 Å². The van der Waals surface area contributed by atoms with E-state index in [1.54, 1.807) is 13.2 Å². The Labute approximate surface area is 173 Å². The number of nitrogens with zero attached hydrogens (tertiary/aromatic N) is 2. The van der Waals surface area contributed by atoms with Gasteiger partial charge in [-0.3, -0.25) is 14.6 Å². The molecule has 6 heteroatoms. The number of ether oxygens (including phenoxy) is 1. The van der Waals surface area contributed by atoms with Crippen LogP contribution in [-0.4, -0.2) is 68.1 Å². The lowest BCUT2D eigenvalue weighted by atomic mass is 10.0. The van der Waals surface area contributed by atoms with E-state index < -0.39 is 5.91 Å². The summed E-state index contributed by atoms with van der Waals surface area (Å²) in [5, 5.41) is 3.35. The average molecular weight is 397 g/mol. The third-order valence-corrected chi connectivity index (χ3v) is 5.67. The van der Waals surface area contributed by atoms with E-state index in [1.807, 2.05) is 30.3 Å². The first-order chi connectivity index (χ1) is 14.1. The van der Waals surface area contributed by atoms with E-state index in [1.165, 1.54) is 5.56 Å². The van der Waals surface area contributed by atoms with Crippen LogP contribution in [0.4, 0.5) is 5.69 Å². The molecule has 2 aromatic rings. The van der Waals surface area contributed by atoms with Gasteiger partial charge in [0.1, 0.15) is 5.75 Å². The van der Waals surface area contributed by atoms with Crippen molar-refractivity contribution in [3.05, 3.63) is 59.7 Å². The van der Waals surface area contributed by atoms with Crippen LogP contribution in [0.3, 0.4) is 0 Å². The van der Waals surface area contributed by atoms with Gasteiger partial charge < -0.3 is 15.8 Å². The number of hydrogen-bond donors (Lipinski definition) is 2. The van der Waals surface area contributed by atoms with Gasteiger partial charge in [-0.2, -0.15) is 0 Å². The van der Waals surface area contributed by atoms with Crippen molar-refractivity contribution in [3.8, 4) is 5.75 Å². The molecule has 1 aliphatic heterocycles. The smallest absolute Gasteiger partial charge is 0.250 e. The number of rotatable bonds is 9. The van der Waals surface area contributed by atoms with Crippen LogP contribution in [0.2, 0.25) is 0 Å². The zero-order valence-electron chi connectivity index (χ0n) is 17.4. The maximum atomic E-state index is 11.5. The highest BCUT2D eigenvalue weighted by Gasteiger charge is 2.21. The van der Waals surface area contributed by atoms with Gasteiger partial charge in [0.15, 0.2) is 0 Å². The molecular formula is C23H32N4O2. The Morgan fingerprint density at radius 3 is 2.52 bits per heavy atom. The quantitative estimate of drug-likeness (QED) is 0.681. The molecule has 1 aliphatic rings. The largest absolute Gasteiger partial charge is 0.496 e. The standard InChI is InChI=1S/C23H32N4O2/c1-18(17-19-7-3-6-10-22(19)29-2)27-15-13-26(14-16-27)12-11-25-21-9-5-4-8-20(21)23(24)28/h3-10,18,25H,11-17H2,1-2H3,(H2,24,28). The van der Waals surface area contributed by atoms with Crippen molar-refractivity contribution in [1.82, 2.24) is 9.80 Å². The summed E-state index contributed by atoms with van der Waals surface area (Å²) in [5.41, 5.74) is 8.06. The molecule has 1 heterocycles. The molecule has 0 aliphatic carbocycles. The van der Waals surface area contributed by atoms with Crippen molar-refractivity contribution >= 4 is 11.6 Å². The van der Waals surface area contributed by atoms with Gasteiger partial charge >= 0.3 is 0 Å². The van der Waals surface area contributed by atoms with Gasteiger partial charge in [0.05, 0.1) is 12.7 Å². The summed E-state index contributed by atoms with van der Waals surface area (Å²) in [6, 6.07) is 16.2. The molecule has 1 amide bonds. The zero-order valence-corrected chi connectivity index (χ0v) is 17.4. The molecule has 3 rings (SSSR count). The van der Waals surface area contributed by atoms with E-state index in [0.717, 1.165) is 57.1 Å². The van der Waals surface area contributed by atoms with Crippen LogP contribution in [0.15, 0.2) is 48.5 Å². The Balaban J connectivity index is 1.43. The Bertz CT molecular complexity index is 803. The topological polar surface area (TPSA) is 70.8 Å². The van der Waals surface area contributed by atoms with Gasteiger partial charge in [0, 0.05) is 51.0 Å². The van der Waals surface area contributed by atoms with Crippen molar-refractivity contribution in [2.45, 2.75) is 19.4 Å². The monoisotopic (exact) mass is 396 g/mol. The van der Waals surface area contributed by atoms with Crippen LogP contribution in [0.1, 0.15) is 22.8 Å². The van der Waals surface area contributed by atoms with E-state index in [2.05, 4.69) is 34.2 Å². The summed E-state index contributed by atoms with van der Waals surface area (Å²) in [5.74, 6) is 0.575. The molecule has 0 aromatic heterocycles. The first kappa shape index (κ1) is 21.1. The predicted octanol–water partition coefficient (Wildman–Crippen LogP) is 2.45. The Morgan fingerprint density at radius 1 is 1.10 bits per heavy atom. The fourth-order valence-electron chi connectivity index (χ4n) is 3.95. The highest BCUT2D eigenvalue weighted by molar-refractivity contribution is 5.98. The Morgan fingerprint density at radius 2 is 1.79 bits per heavy atom. The van der Waals surface area contributed by atoms with Crippen LogP contribution >= 0.6 is 0 Å². The fraction of sp³-hybridized carbons (Fsp3) is 0.435. The maximum absolute atomic E-state index is 11.5.